The van der Waals surface area contributed by atoms with E-state index in [1.807, 2.05) is 39.0 Å². The van der Waals surface area contributed by atoms with Gasteiger partial charge in [0.1, 0.15) is 11.9 Å². The van der Waals surface area contributed by atoms with Crippen molar-refractivity contribution in [2.24, 2.45) is 11.3 Å². The molecule has 1 aromatic carbocycles. The van der Waals surface area contributed by atoms with Crippen LogP contribution >= 0.6 is 0 Å². The average molecular weight is 397 g/mol. The number of hydrogen-bond acceptors (Lipinski definition) is 2. The summed E-state index contributed by atoms with van der Waals surface area (Å²) in [7, 11) is 0. The molecule has 0 N–H and O–H groups in total. The predicted octanol–water partition coefficient (Wildman–Crippen LogP) is 7.83. The van der Waals surface area contributed by atoms with E-state index in [1.54, 1.807) is 6.08 Å². The van der Waals surface area contributed by atoms with E-state index in [9.17, 15) is 0 Å². The highest BCUT2D eigenvalue weighted by Crippen LogP contribution is 2.45. The van der Waals surface area contributed by atoms with Gasteiger partial charge in [0, 0.05) is 5.41 Å². The third kappa shape index (κ3) is 7.42. The lowest BCUT2D eigenvalue weighted by atomic mass is 9.68. The topological polar surface area (TPSA) is 18.5 Å². The molecule has 3 rings (SSSR count). The number of benzene rings is 1. The Kier molecular flexibility index (Phi) is 9.07. The molecule has 0 amide bonds. The Bertz CT molecular complexity index is 677. The predicted molar refractivity (Wildman–Crippen MR) is 124 cm³/mol. The smallest absolute Gasteiger partial charge is 0.119 e. The Labute approximate surface area is 178 Å². The van der Waals surface area contributed by atoms with Crippen molar-refractivity contribution in [1.29, 1.82) is 0 Å². The Hall–Kier alpha value is -1.96. The van der Waals surface area contributed by atoms with Crippen LogP contribution in [0.25, 0.3) is 0 Å². The minimum absolute atomic E-state index is 0.154. The van der Waals surface area contributed by atoms with Gasteiger partial charge in [-0.2, -0.15) is 0 Å². The summed E-state index contributed by atoms with van der Waals surface area (Å²) in [6.45, 7) is 15.3. The molecule has 2 fully saturated rings. The van der Waals surface area contributed by atoms with E-state index in [-0.39, 0.29) is 11.5 Å². The van der Waals surface area contributed by atoms with Crippen LogP contribution in [-0.2, 0) is 4.74 Å². The molecule has 160 valence electrons. The molecule has 2 aliphatic carbocycles. The first-order chi connectivity index (χ1) is 14.0. The fourth-order valence-electron chi connectivity index (χ4n) is 3.98. The number of allylic oxidation sites excluding steroid dienone is 5. The molecule has 0 spiro atoms. The number of rotatable bonds is 8. The van der Waals surface area contributed by atoms with Crippen LogP contribution < -0.4 is 4.74 Å². The molecule has 2 saturated carbocycles. The van der Waals surface area contributed by atoms with Gasteiger partial charge in [0.05, 0.1) is 12.4 Å². The molecule has 0 aliphatic heterocycles. The van der Waals surface area contributed by atoms with E-state index >= 15 is 0 Å². The Morgan fingerprint density at radius 3 is 2.34 bits per heavy atom. The Balaban J connectivity index is 0.00000145. The highest BCUT2D eigenvalue weighted by atomic mass is 16.5. The zero-order chi connectivity index (χ0) is 21.3. The Morgan fingerprint density at radius 1 is 1.07 bits per heavy atom. The summed E-state index contributed by atoms with van der Waals surface area (Å²) in [5.41, 5.74) is 1.59. The lowest BCUT2D eigenvalue weighted by Crippen LogP contribution is -2.37. The molecule has 2 nitrogen and oxygen atoms in total. The van der Waals surface area contributed by atoms with Crippen molar-refractivity contribution in [3.63, 3.8) is 0 Å². The second-order valence-corrected chi connectivity index (χ2v) is 8.79. The molecule has 29 heavy (non-hydrogen) atoms. The van der Waals surface area contributed by atoms with Crippen LogP contribution in [0.1, 0.15) is 78.2 Å². The van der Waals surface area contributed by atoms with Crippen LogP contribution in [0.15, 0.2) is 60.9 Å². The van der Waals surface area contributed by atoms with E-state index in [2.05, 4.69) is 44.7 Å². The number of hydrogen-bond donors (Lipinski definition) is 0. The summed E-state index contributed by atoms with van der Waals surface area (Å²) in [6, 6.07) is 8.81. The summed E-state index contributed by atoms with van der Waals surface area (Å²) >= 11 is 0. The van der Waals surface area contributed by atoms with Crippen molar-refractivity contribution in [1.82, 2.24) is 0 Å². The van der Waals surface area contributed by atoms with Gasteiger partial charge in [-0.25, -0.2) is 0 Å². The van der Waals surface area contributed by atoms with E-state index in [4.69, 9.17) is 9.47 Å². The van der Waals surface area contributed by atoms with Gasteiger partial charge in [-0.15, -0.1) is 0 Å². The molecule has 2 atom stereocenters. The van der Waals surface area contributed by atoms with Gasteiger partial charge in [0.15, 0.2) is 0 Å². The third-order valence-corrected chi connectivity index (χ3v) is 5.86. The molecule has 0 aromatic heterocycles. The van der Waals surface area contributed by atoms with Gasteiger partial charge in [0.2, 0.25) is 0 Å². The van der Waals surface area contributed by atoms with E-state index < -0.39 is 0 Å². The summed E-state index contributed by atoms with van der Waals surface area (Å²) in [5, 5.41) is 0. The van der Waals surface area contributed by atoms with Crippen LogP contribution in [0.3, 0.4) is 0 Å². The molecule has 2 aliphatic rings. The van der Waals surface area contributed by atoms with E-state index in [1.165, 1.54) is 24.8 Å². The molecule has 1 aromatic rings. The molecule has 2 unspecified atom stereocenters. The van der Waals surface area contributed by atoms with Crippen LogP contribution in [0.4, 0.5) is 0 Å². The second kappa shape index (κ2) is 11.3. The van der Waals surface area contributed by atoms with Gasteiger partial charge >= 0.3 is 0 Å². The molecular weight excluding hydrogens is 356 g/mol. The maximum absolute atomic E-state index is 6.27. The van der Waals surface area contributed by atoms with Crippen molar-refractivity contribution >= 4 is 0 Å². The largest absolute Gasteiger partial charge is 0.495 e. The molecular formula is C27H40O2. The molecule has 0 radical (unpaired) electrons. The summed E-state index contributed by atoms with van der Waals surface area (Å²) < 4.78 is 12.1. The maximum Gasteiger partial charge on any atom is 0.119 e. The van der Waals surface area contributed by atoms with Crippen molar-refractivity contribution in [3.8, 4) is 5.75 Å². The first kappa shape index (κ1) is 23.3. The van der Waals surface area contributed by atoms with E-state index in [0.717, 1.165) is 36.9 Å². The maximum atomic E-state index is 6.27. The minimum Gasteiger partial charge on any atom is -0.495 e. The lowest BCUT2D eigenvalue weighted by molar-refractivity contribution is -0.0196. The SMILES string of the molecule is C=C/C=C\C=C(/C)OC1CCC(c2ccc(OCC3CC3)cc2)CC1(C)C.CC. The van der Waals surface area contributed by atoms with Gasteiger partial charge in [-0.05, 0) is 74.6 Å². The highest BCUT2D eigenvalue weighted by Gasteiger charge is 2.38. The van der Waals surface area contributed by atoms with Gasteiger partial charge in [-0.3, -0.25) is 0 Å². The molecule has 2 heteroatoms. The zero-order valence-corrected chi connectivity index (χ0v) is 19.1. The van der Waals surface area contributed by atoms with E-state index in [0.29, 0.717) is 5.92 Å². The standard InChI is InChI=1S/C25H34O2.C2H6/c1-5-6-7-8-19(2)27-24-16-13-22(17-25(24,3)4)21-11-14-23(15-12-21)26-18-20-9-10-20;1-2/h5-8,11-12,14-15,20,22,24H,1,9-10,13,16-18H2,2-4H3;1-2H3/b7-6-,19-8+;. The summed E-state index contributed by atoms with van der Waals surface area (Å²) in [6.07, 6.45) is 14.0. The van der Waals surface area contributed by atoms with Crippen LogP contribution in [-0.4, -0.2) is 12.7 Å². The summed E-state index contributed by atoms with van der Waals surface area (Å²) in [4.78, 5) is 0. The van der Waals surface area contributed by atoms with Crippen LogP contribution in [0.5, 0.6) is 5.75 Å². The first-order valence-electron chi connectivity index (χ1n) is 11.3. The van der Waals surface area contributed by atoms with Crippen molar-refractivity contribution < 1.29 is 9.47 Å². The van der Waals surface area contributed by atoms with Crippen LogP contribution in [0, 0.1) is 11.3 Å². The average Bonchev–Trinajstić information content (AvgIpc) is 3.54. The Morgan fingerprint density at radius 2 is 1.76 bits per heavy atom. The molecule has 0 bridgehead atoms. The lowest BCUT2D eigenvalue weighted by Gasteiger charge is -2.42. The fraction of sp³-hybridized carbons (Fsp3) is 0.556. The minimum atomic E-state index is 0.154. The zero-order valence-electron chi connectivity index (χ0n) is 19.1. The van der Waals surface area contributed by atoms with Gasteiger partial charge in [-0.1, -0.05) is 64.6 Å². The van der Waals surface area contributed by atoms with Gasteiger partial charge < -0.3 is 9.47 Å². The quantitative estimate of drug-likeness (QED) is 0.329. The number of ether oxygens (including phenoxy) is 2. The van der Waals surface area contributed by atoms with Crippen molar-refractivity contribution in [3.05, 3.63) is 66.5 Å². The van der Waals surface area contributed by atoms with Crippen molar-refractivity contribution in [2.75, 3.05) is 6.61 Å². The fourth-order valence-corrected chi connectivity index (χ4v) is 3.98. The third-order valence-electron chi connectivity index (χ3n) is 5.86. The van der Waals surface area contributed by atoms with Crippen molar-refractivity contribution in [2.45, 2.75) is 78.7 Å². The van der Waals surface area contributed by atoms with Crippen LogP contribution in [0.2, 0.25) is 0 Å². The normalized spacial score (nSPS) is 23.8. The molecule has 0 saturated heterocycles. The highest BCUT2D eigenvalue weighted by molar-refractivity contribution is 5.30. The van der Waals surface area contributed by atoms with Gasteiger partial charge in [0.25, 0.3) is 0 Å². The first-order valence-corrected chi connectivity index (χ1v) is 11.3. The monoisotopic (exact) mass is 396 g/mol. The molecule has 0 heterocycles. The second-order valence-electron chi connectivity index (χ2n) is 8.79. The summed E-state index contributed by atoms with van der Waals surface area (Å²) in [5.74, 6) is 3.38.